The zero-order valence-corrected chi connectivity index (χ0v) is 16.9. The Hall–Kier alpha value is -3.06. The van der Waals surface area contributed by atoms with E-state index in [-0.39, 0.29) is 11.6 Å². The summed E-state index contributed by atoms with van der Waals surface area (Å²) in [4.78, 5) is 17.6. The molecule has 1 aliphatic rings. The summed E-state index contributed by atoms with van der Waals surface area (Å²) in [6.07, 6.45) is 5.57. The van der Waals surface area contributed by atoms with E-state index in [0.29, 0.717) is 11.4 Å². The molecule has 5 rings (SSSR count). The molecule has 1 N–H and O–H groups in total. The Labute approximate surface area is 168 Å². The van der Waals surface area contributed by atoms with Crippen LogP contribution in [-0.4, -0.2) is 37.0 Å². The van der Waals surface area contributed by atoms with E-state index in [0.717, 1.165) is 52.9 Å². The van der Waals surface area contributed by atoms with E-state index in [4.69, 9.17) is 5.10 Å². The Morgan fingerprint density at radius 3 is 2.90 bits per heavy atom. The number of aryl methyl sites for hydroxylation is 2. The van der Waals surface area contributed by atoms with Crippen LogP contribution in [0.3, 0.4) is 0 Å². The van der Waals surface area contributed by atoms with Gasteiger partial charge in [-0.2, -0.15) is 10.2 Å². The number of nitrogens with one attached hydrogen (secondary N) is 1. The lowest BCUT2D eigenvalue weighted by molar-refractivity contribution is 0.288. The maximum Gasteiger partial charge on any atom is 0.274 e. The molecular formula is C22H24N6O. The molecule has 29 heavy (non-hydrogen) atoms. The van der Waals surface area contributed by atoms with Crippen molar-refractivity contribution in [2.24, 2.45) is 0 Å². The Bertz CT molecular complexity index is 1290. The lowest BCUT2D eigenvalue weighted by atomic mass is 10.0. The van der Waals surface area contributed by atoms with Crippen LogP contribution in [0.2, 0.25) is 0 Å². The third kappa shape index (κ3) is 3.11. The summed E-state index contributed by atoms with van der Waals surface area (Å²) in [6, 6.07) is 8.45. The van der Waals surface area contributed by atoms with Crippen LogP contribution in [0.15, 0.2) is 41.5 Å². The molecule has 1 aromatic carbocycles. The van der Waals surface area contributed by atoms with Crippen molar-refractivity contribution in [1.29, 1.82) is 0 Å². The highest BCUT2D eigenvalue weighted by Crippen LogP contribution is 2.25. The highest BCUT2D eigenvalue weighted by Gasteiger charge is 2.22. The molecule has 0 spiro atoms. The van der Waals surface area contributed by atoms with Gasteiger partial charge in [0.2, 0.25) is 0 Å². The highest BCUT2D eigenvalue weighted by molar-refractivity contribution is 5.85. The third-order valence-electron chi connectivity index (χ3n) is 5.78. The maximum atomic E-state index is 13.1. The predicted octanol–water partition coefficient (Wildman–Crippen LogP) is 3.04. The van der Waals surface area contributed by atoms with Gasteiger partial charge >= 0.3 is 0 Å². The number of benzene rings is 1. The number of nitrogens with zero attached hydrogens (tertiary/aromatic N) is 5. The molecule has 0 radical (unpaired) electrons. The minimum Gasteiger partial charge on any atom is -0.314 e. The van der Waals surface area contributed by atoms with Gasteiger partial charge in [0.1, 0.15) is 0 Å². The van der Waals surface area contributed by atoms with Gasteiger partial charge in [0, 0.05) is 17.0 Å². The lowest BCUT2D eigenvalue weighted by Gasteiger charge is -2.28. The van der Waals surface area contributed by atoms with Crippen LogP contribution in [0.4, 0.5) is 0 Å². The number of rotatable bonds is 2. The molecular weight excluding hydrogens is 364 g/mol. The second-order valence-electron chi connectivity index (χ2n) is 8.09. The van der Waals surface area contributed by atoms with Gasteiger partial charge in [0.25, 0.3) is 5.56 Å². The number of imidazole rings is 1. The third-order valence-corrected chi connectivity index (χ3v) is 5.78. The molecule has 1 saturated heterocycles. The van der Waals surface area contributed by atoms with Gasteiger partial charge in [-0.15, -0.1) is 0 Å². The van der Waals surface area contributed by atoms with E-state index >= 15 is 0 Å². The van der Waals surface area contributed by atoms with Crippen LogP contribution in [0.5, 0.6) is 0 Å². The molecule has 148 valence electrons. The zero-order chi connectivity index (χ0) is 20.1. The van der Waals surface area contributed by atoms with Crippen molar-refractivity contribution in [3.8, 4) is 11.3 Å². The minimum absolute atomic E-state index is 0.0158. The number of hydrogen-bond donors (Lipinski definition) is 1. The zero-order valence-electron chi connectivity index (χ0n) is 16.9. The van der Waals surface area contributed by atoms with E-state index in [1.54, 1.807) is 10.9 Å². The second-order valence-corrected chi connectivity index (χ2v) is 8.09. The predicted molar refractivity (Wildman–Crippen MR) is 113 cm³/mol. The number of fused-ring (bicyclic) bond motifs is 2. The average molecular weight is 388 g/mol. The number of aromatic nitrogens is 5. The molecule has 2 atom stereocenters. The highest BCUT2D eigenvalue weighted by atomic mass is 16.1. The van der Waals surface area contributed by atoms with Crippen molar-refractivity contribution in [3.63, 3.8) is 0 Å². The second kappa shape index (κ2) is 6.77. The van der Waals surface area contributed by atoms with Gasteiger partial charge < -0.3 is 5.32 Å². The Morgan fingerprint density at radius 2 is 2.07 bits per heavy atom. The van der Waals surface area contributed by atoms with Crippen LogP contribution >= 0.6 is 0 Å². The average Bonchev–Trinajstić information content (AvgIpc) is 3.09. The molecule has 1 aliphatic heterocycles. The standard InChI is InChI=1S/C22H24N6O/c1-13-8-20(26-27-12-15(3)25-21(13)27)16-4-5-19-17(10-16)11-24-28(22(19)29)18-6-7-23-14(2)9-18/h4-5,8,10-12,14,18,23H,6-7,9H2,1-3H3/t14-,18+/m1/s1. The van der Waals surface area contributed by atoms with Gasteiger partial charge in [-0.3, -0.25) is 4.79 Å². The molecule has 7 heteroatoms. The van der Waals surface area contributed by atoms with E-state index in [1.165, 1.54) is 0 Å². The summed E-state index contributed by atoms with van der Waals surface area (Å²) in [5.74, 6) is 0. The van der Waals surface area contributed by atoms with Gasteiger partial charge in [-0.05, 0) is 63.9 Å². The van der Waals surface area contributed by atoms with Crippen LogP contribution in [0, 0.1) is 13.8 Å². The van der Waals surface area contributed by atoms with E-state index in [1.807, 2.05) is 48.8 Å². The largest absolute Gasteiger partial charge is 0.314 e. The van der Waals surface area contributed by atoms with Crippen LogP contribution < -0.4 is 10.9 Å². The monoisotopic (exact) mass is 388 g/mol. The fourth-order valence-corrected chi connectivity index (χ4v) is 4.30. The summed E-state index contributed by atoms with van der Waals surface area (Å²) in [5.41, 5.74) is 4.67. The first-order valence-electron chi connectivity index (χ1n) is 10.1. The van der Waals surface area contributed by atoms with Gasteiger partial charge in [-0.1, -0.05) is 6.07 Å². The van der Waals surface area contributed by atoms with Crippen molar-refractivity contribution < 1.29 is 0 Å². The Morgan fingerprint density at radius 1 is 1.21 bits per heavy atom. The SMILES string of the molecule is Cc1cn2nc(-c3ccc4c(=O)n([C@H]5CCN[C@H](C)C5)ncc4c3)cc(C)c2n1. The first-order chi connectivity index (χ1) is 14.0. The molecule has 4 heterocycles. The van der Waals surface area contributed by atoms with Crippen molar-refractivity contribution in [2.75, 3.05) is 6.54 Å². The molecule has 0 unspecified atom stereocenters. The molecule has 7 nitrogen and oxygen atoms in total. The van der Waals surface area contributed by atoms with Gasteiger partial charge in [0.05, 0.1) is 35.2 Å². The summed E-state index contributed by atoms with van der Waals surface area (Å²) in [7, 11) is 0. The summed E-state index contributed by atoms with van der Waals surface area (Å²) < 4.78 is 3.49. The van der Waals surface area contributed by atoms with Crippen molar-refractivity contribution in [1.82, 2.24) is 29.7 Å². The van der Waals surface area contributed by atoms with Crippen molar-refractivity contribution in [3.05, 3.63) is 58.3 Å². The molecule has 0 bridgehead atoms. The smallest absolute Gasteiger partial charge is 0.274 e. The molecule has 0 amide bonds. The summed E-state index contributed by atoms with van der Waals surface area (Å²) >= 11 is 0. The summed E-state index contributed by atoms with van der Waals surface area (Å²) in [5, 5.41) is 14.2. The Balaban J connectivity index is 1.58. The fourth-order valence-electron chi connectivity index (χ4n) is 4.30. The van der Waals surface area contributed by atoms with E-state index in [9.17, 15) is 4.79 Å². The van der Waals surface area contributed by atoms with Gasteiger partial charge in [0.15, 0.2) is 5.65 Å². The first kappa shape index (κ1) is 18.0. The molecule has 0 saturated carbocycles. The maximum absolute atomic E-state index is 13.1. The minimum atomic E-state index is -0.0158. The first-order valence-corrected chi connectivity index (χ1v) is 10.1. The van der Waals surface area contributed by atoms with Crippen LogP contribution in [0.25, 0.3) is 27.7 Å². The topological polar surface area (TPSA) is 77.1 Å². The summed E-state index contributed by atoms with van der Waals surface area (Å²) in [6.45, 7) is 7.06. The van der Waals surface area contributed by atoms with Crippen LogP contribution in [-0.2, 0) is 0 Å². The van der Waals surface area contributed by atoms with E-state index < -0.39 is 0 Å². The number of hydrogen-bond acceptors (Lipinski definition) is 5. The number of piperidine rings is 1. The molecule has 1 fully saturated rings. The molecule has 4 aromatic rings. The lowest BCUT2D eigenvalue weighted by Crippen LogP contribution is -2.40. The van der Waals surface area contributed by atoms with Crippen molar-refractivity contribution in [2.45, 2.75) is 45.7 Å². The quantitative estimate of drug-likeness (QED) is 0.571. The normalized spacial score (nSPS) is 19.8. The molecule has 0 aliphatic carbocycles. The van der Waals surface area contributed by atoms with Crippen molar-refractivity contribution >= 4 is 16.4 Å². The molecule has 3 aromatic heterocycles. The van der Waals surface area contributed by atoms with Crippen LogP contribution in [0.1, 0.15) is 37.1 Å². The van der Waals surface area contributed by atoms with Gasteiger partial charge in [-0.25, -0.2) is 14.2 Å². The Kier molecular flexibility index (Phi) is 4.20. The van der Waals surface area contributed by atoms with E-state index in [2.05, 4.69) is 22.3 Å². The fraction of sp³-hybridized carbons (Fsp3) is 0.364.